The van der Waals surface area contributed by atoms with Gasteiger partial charge in [0.1, 0.15) is 0 Å². The first-order chi connectivity index (χ1) is 10.8. The van der Waals surface area contributed by atoms with E-state index in [2.05, 4.69) is 45.5 Å². The maximum Gasteiger partial charge on any atom is 0.193 e. The van der Waals surface area contributed by atoms with Crippen LogP contribution in [0.1, 0.15) is 13.3 Å². The number of rotatable bonds is 7. The molecule has 0 radical (unpaired) electrons. The van der Waals surface area contributed by atoms with Crippen LogP contribution in [-0.4, -0.2) is 56.5 Å². The highest BCUT2D eigenvalue weighted by Gasteiger charge is 2.24. The van der Waals surface area contributed by atoms with Gasteiger partial charge in [0.2, 0.25) is 0 Å². The summed E-state index contributed by atoms with van der Waals surface area (Å²) >= 11 is 1.96. The third-order valence-electron chi connectivity index (χ3n) is 3.76. The second-order valence-corrected chi connectivity index (χ2v) is 6.49. The second-order valence-electron chi connectivity index (χ2n) is 5.40. The summed E-state index contributed by atoms with van der Waals surface area (Å²) in [5.74, 6) is 2.92. The minimum atomic E-state index is 0. The third kappa shape index (κ3) is 7.30. The Bertz CT molecular complexity index is 458. The fraction of sp³-hybridized carbons (Fsp3) is 0.588. The molecule has 1 heterocycles. The Morgan fingerprint density at radius 2 is 2.17 bits per heavy atom. The Balaban J connectivity index is 0.00000264. The maximum atomic E-state index is 5.36. The lowest BCUT2D eigenvalue weighted by Crippen LogP contribution is -2.41. The number of hydrogen-bond acceptors (Lipinski definition) is 3. The topological polar surface area (TPSA) is 36.9 Å². The van der Waals surface area contributed by atoms with Crippen LogP contribution in [0.2, 0.25) is 0 Å². The Morgan fingerprint density at radius 3 is 2.87 bits per heavy atom. The van der Waals surface area contributed by atoms with E-state index in [1.54, 1.807) is 0 Å². The van der Waals surface area contributed by atoms with Gasteiger partial charge in [0.25, 0.3) is 0 Å². The van der Waals surface area contributed by atoms with Crippen LogP contribution in [0.25, 0.3) is 0 Å². The molecule has 4 nitrogen and oxygen atoms in total. The molecule has 130 valence electrons. The van der Waals surface area contributed by atoms with Gasteiger partial charge in [-0.15, -0.1) is 35.7 Å². The summed E-state index contributed by atoms with van der Waals surface area (Å²) in [6, 6.07) is 10.7. The number of nitrogens with zero attached hydrogens (tertiary/aromatic N) is 2. The van der Waals surface area contributed by atoms with Crippen LogP contribution in [0, 0.1) is 5.92 Å². The van der Waals surface area contributed by atoms with E-state index in [0.29, 0.717) is 0 Å². The van der Waals surface area contributed by atoms with Crippen molar-refractivity contribution in [3.05, 3.63) is 30.3 Å². The molecule has 1 unspecified atom stereocenters. The molecule has 1 aromatic rings. The predicted molar refractivity (Wildman–Crippen MR) is 110 cm³/mol. The Kier molecular flexibility index (Phi) is 10.7. The van der Waals surface area contributed by atoms with Gasteiger partial charge < -0.3 is 15.0 Å². The smallest absolute Gasteiger partial charge is 0.193 e. The first-order valence-corrected chi connectivity index (χ1v) is 9.03. The minimum Gasteiger partial charge on any atom is -0.380 e. The molecule has 0 bridgehead atoms. The Hall–Kier alpha value is -0.470. The molecule has 0 saturated carbocycles. The number of likely N-dealkylation sites (tertiary alicyclic amines) is 1. The zero-order chi connectivity index (χ0) is 15.6. The van der Waals surface area contributed by atoms with Gasteiger partial charge in [-0.3, -0.25) is 4.99 Å². The molecule has 0 aromatic heterocycles. The van der Waals surface area contributed by atoms with Gasteiger partial charge in [-0.25, -0.2) is 0 Å². The van der Waals surface area contributed by atoms with Crippen molar-refractivity contribution in [2.75, 3.05) is 45.6 Å². The van der Waals surface area contributed by atoms with E-state index in [9.17, 15) is 0 Å². The van der Waals surface area contributed by atoms with Crippen LogP contribution in [0.15, 0.2) is 40.2 Å². The van der Waals surface area contributed by atoms with Crippen molar-refractivity contribution in [2.45, 2.75) is 18.2 Å². The number of hydrogen-bond donors (Lipinski definition) is 1. The van der Waals surface area contributed by atoms with Crippen LogP contribution >= 0.6 is 35.7 Å². The molecular formula is C17H28IN3OS. The highest BCUT2D eigenvalue weighted by atomic mass is 127. The summed E-state index contributed by atoms with van der Waals surface area (Å²) < 4.78 is 5.36. The molecule has 0 amide bonds. The van der Waals surface area contributed by atoms with Gasteiger partial charge in [-0.1, -0.05) is 18.2 Å². The summed E-state index contributed by atoms with van der Waals surface area (Å²) in [6.45, 7) is 6.52. The number of nitrogens with one attached hydrogen (secondary N) is 1. The minimum absolute atomic E-state index is 0. The van der Waals surface area contributed by atoms with Crippen LogP contribution in [0.3, 0.4) is 0 Å². The summed E-state index contributed by atoms with van der Waals surface area (Å²) in [5, 5.41) is 3.38. The Morgan fingerprint density at radius 1 is 1.39 bits per heavy atom. The molecule has 1 fully saturated rings. The Labute approximate surface area is 161 Å². The molecule has 1 aromatic carbocycles. The summed E-state index contributed by atoms with van der Waals surface area (Å²) in [4.78, 5) is 8.11. The standard InChI is InChI=1S/C17H27N3OS.HI/c1-3-21-12-10-19-17(18-2)20-11-9-15(13-20)14-22-16-7-5-4-6-8-16;/h4-8,15H,3,9-14H2,1-2H3,(H,18,19);1H. The molecule has 0 aliphatic carbocycles. The fourth-order valence-electron chi connectivity index (χ4n) is 2.60. The lowest BCUT2D eigenvalue weighted by molar-refractivity contribution is 0.152. The second kappa shape index (κ2) is 12.0. The van der Waals surface area contributed by atoms with Crippen molar-refractivity contribution in [3.8, 4) is 0 Å². The third-order valence-corrected chi connectivity index (χ3v) is 5.00. The van der Waals surface area contributed by atoms with Crippen molar-refractivity contribution in [3.63, 3.8) is 0 Å². The molecule has 2 rings (SSSR count). The van der Waals surface area contributed by atoms with Crippen LogP contribution in [-0.2, 0) is 4.74 Å². The molecule has 1 N–H and O–H groups in total. The van der Waals surface area contributed by atoms with Crippen molar-refractivity contribution < 1.29 is 4.74 Å². The van der Waals surface area contributed by atoms with Gasteiger partial charge >= 0.3 is 0 Å². The molecular weight excluding hydrogens is 421 g/mol. The number of guanidine groups is 1. The van der Waals surface area contributed by atoms with Gasteiger partial charge in [-0.2, -0.15) is 0 Å². The van der Waals surface area contributed by atoms with Crippen molar-refractivity contribution >= 4 is 41.7 Å². The molecule has 1 aliphatic heterocycles. The van der Waals surface area contributed by atoms with E-state index in [-0.39, 0.29) is 24.0 Å². The van der Waals surface area contributed by atoms with Gasteiger partial charge in [-0.05, 0) is 31.4 Å². The van der Waals surface area contributed by atoms with Gasteiger partial charge in [0.05, 0.1) is 6.61 Å². The molecule has 0 spiro atoms. The normalized spacial score (nSPS) is 17.9. The first-order valence-electron chi connectivity index (χ1n) is 8.04. The molecule has 1 aliphatic rings. The van der Waals surface area contributed by atoms with Crippen molar-refractivity contribution in [1.82, 2.24) is 10.2 Å². The molecule has 1 atom stereocenters. The van der Waals surface area contributed by atoms with E-state index >= 15 is 0 Å². The monoisotopic (exact) mass is 449 g/mol. The quantitative estimate of drug-likeness (QED) is 0.228. The highest BCUT2D eigenvalue weighted by Crippen LogP contribution is 2.25. The average molecular weight is 449 g/mol. The predicted octanol–water partition coefficient (Wildman–Crippen LogP) is 3.33. The summed E-state index contributed by atoms with van der Waals surface area (Å²) in [6.07, 6.45) is 1.24. The van der Waals surface area contributed by atoms with Crippen molar-refractivity contribution in [1.29, 1.82) is 0 Å². The zero-order valence-electron chi connectivity index (χ0n) is 14.0. The van der Waals surface area contributed by atoms with Gasteiger partial charge in [0.15, 0.2) is 5.96 Å². The SMILES string of the molecule is CCOCCNC(=NC)N1CCC(CSc2ccccc2)C1.I. The van der Waals surface area contributed by atoms with Crippen molar-refractivity contribution in [2.24, 2.45) is 10.9 Å². The van der Waals surface area contributed by atoms with E-state index in [1.165, 1.54) is 17.1 Å². The maximum absolute atomic E-state index is 5.36. The van der Waals surface area contributed by atoms with Crippen LogP contribution < -0.4 is 5.32 Å². The number of benzene rings is 1. The number of aliphatic imine (C=N–C) groups is 1. The first kappa shape index (κ1) is 20.6. The fourth-order valence-corrected chi connectivity index (χ4v) is 3.65. The van der Waals surface area contributed by atoms with E-state index in [0.717, 1.165) is 44.7 Å². The molecule has 1 saturated heterocycles. The number of ether oxygens (including phenoxy) is 1. The van der Waals surface area contributed by atoms with E-state index in [4.69, 9.17) is 4.74 Å². The molecule has 6 heteroatoms. The highest BCUT2D eigenvalue weighted by molar-refractivity contribution is 14.0. The van der Waals surface area contributed by atoms with Gasteiger partial charge in [0, 0.05) is 43.9 Å². The van der Waals surface area contributed by atoms with Crippen LogP contribution in [0.5, 0.6) is 0 Å². The summed E-state index contributed by atoms with van der Waals surface area (Å²) in [5.41, 5.74) is 0. The lowest BCUT2D eigenvalue weighted by Gasteiger charge is -2.21. The van der Waals surface area contributed by atoms with E-state index < -0.39 is 0 Å². The number of halogens is 1. The number of thioether (sulfide) groups is 1. The molecule has 23 heavy (non-hydrogen) atoms. The largest absolute Gasteiger partial charge is 0.380 e. The summed E-state index contributed by atoms with van der Waals surface area (Å²) in [7, 11) is 1.86. The zero-order valence-corrected chi connectivity index (χ0v) is 17.2. The lowest BCUT2D eigenvalue weighted by atomic mass is 10.2. The van der Waals surface area contributed by atoms with E-state index in [1.807, 2.05) is 25.7 Å². The average Bonchev–Trinajstić information content (AvgIpc) is 3.03. The van der Waals surface area contributed by atoms with Crippen LogP contribution in [0.4, 0.5) is 0 Å².